The highest BCUT2D eigenvalue weighted by atomic mass is 127. The third kappa shape index (κ3) is 5.68. The molecule has 0 amide bonds. The van der Waals surface area contributed by atoms with Crippen LogP contribution in [-0.2, 0) is 0 Å². The molecule has 0 spiro atoms. The number of nitrogens with one attached hydrogen (secondary N) is 1. The molecule has 1 nitrogen and oxygen atoms in total. The standard InChI is InChI=1S/C15H22IN/c1-4-8-17-11-14(12(2)3)9-13-6-5-7-15(16)10-13/h5-7,9-10,12,17H,4,8,11H2,1-3H3/b14-9-. The Balaban J connectivity index is 2.75. The third-order valence-electron chi connectivity index (χ3n) is 2.70. The van der Waals surface area contributed by atoms with Crippen LogP contribution >= 0.6 is 22.6 Å². The van der Waals surface area contributed by atoms with Crippen molar-refractivity contribution in [1.82, 2.24) is 5.32 Å². The summed E-state index contributed by atoms with van der Waals surface area (Å²) >= 11 is 2.36. The number of rotatable bonds is 6. The predicted molar refractivity (Wildman–Crippen MR) is 85.1 cm³/mol. The molecule has 0 radical (unpaired) electrons. The van der Waals surface area contributed by atoms with Gasteiger partial charge < -0.3 is 5.32 Å². The quantitative estimate of drug-likeness (QED) is 0.599. The summed E-state index contributed by atoms with van der Waals surface area (Å²) in [4.78, 5) is 0. The monoisotopic (exact) mass is 343 g/mol. The summed E-state index contributed by atoms with van der Waals surface area (Å²) < 4.78 is 1.29. The molecule has 0 heterocycles. The molecule has 0 bridgehead atoms. The summed E-state index contributed by atoms with van der Waals surface area (Å²) in [5.74, 6) is 0.595. The van der Waals surface area contributed by atoms with Crippen LogP contribution in [0.15, 0.2) is 29.8 Å². The fraction of sp³-hybridized carbons (Fsp3) is 0.467. The lowest BCUT2D eigenvalue weighted by molar-refractivity contribution is 0.657. The first-order valence-electron chi connectivity index (χ1n) is 6.30. The zero-order valence-corrected chi connectivity index (χ0v) is 13.1. The first kappa shape index (κ1) is 14.7. The Hall–Kier alpha value is -0.350. The van der Waals surface area contributed by atoms with E-state index in [1.54, 1.807) is 0 Å². The summed E-state index contributed by atoms with van der Waals surface area (Å²) in [5.41, 5.74) is 2.78. The zero-order chi connectivity index (χ0) is 12.7. The van der Waals surface area contributed by atoms with Crippen molar-refractivity contribution in [3.05, 3.63) is 39.0 Å². The highest BCUT2D eigenvalue weighted by molar-refractivity contribution is 14.1. The molecular weight excluding hydrogens is 321 g/mol. The fourth-order valence-electron chi connectivity index (χ4n) is 1.64. The van der Waals surface area contributed by atoms with Crippen molar-refractivity contribution in [3.8, 4) is 0 Å². The molecule has 94 valence electrons. The highest BCUT2D eigenvalue weighted by Gasteiger charge is 2.03. The molecule has 0 unspecified atom stereocenters. The Bertz CT molecular complexity index is 369. The molecule has 0 saturated heterocycles. The Morgan fingerprint density at radius 1 is 1.41 bits per heavy atom. The lowest BCUT2D eigenvalue weighted by atomic mass is 10.0. The molecule has 0 fully saturated rings. The van der Waals surface area contributed by atoms with Gasteiger partial charge in [0.15, 0.2) is 0 Å². The van der Waals surface area contributed by atoms with Crippen molar-refractivity contribution in [3.63, 3.8) is 0 Å². The van der Waals surface area contributed by atoms with Gasteiger partial charge in [0, 0.05) is 10.1 Å². The topological polar surface area (TPSA) is 12.0 Å². The maximum Gasteiger partial charge on any atom is 0.0170 e. The van der Waals surface area contributed by atoms with Crippen LogP contribution in [0.25, 0.3) is 6.08 Å². The minimum absolute atomic E-state index is 0.595. The minimum Gasteiger partial charge on any atom is -0.313 e. The average Bonchev–Trinajstić information content (AvgIpc) is 2.28. The molecule has 0 saturated carbocycles. The van der Waals surface area contributed by atoms with Crippen LogP contribution in [0.2, 0.25) is 0 Å². The van der Waals surface area contributed by atoms with E-state index in [9.17, 15) is 0 Å². The van der Waals surface area contributed by atoms with Gasteiger partial charge in [0.2, 0.25) is 0 Å². The van der Waals surface area contributed by atoms with Gasteiger partial charge in [-0.3, -0.25) is 0 Å². The van der Waals surface area contributed by atoms with Crippen molar-refractivity contribution in [2.24, 2.45) is 5.92 Å². The minimum atomic E-state index is 0.595. The summed E-state index contributed by atoms with van der Waals surface area (Å²) in [6.07, 6.45) is 3.50. The van der Waals surface area contributed by atoms with E-state index in [0.29, 0.717) is 5.92 Å². The Labute approximate surface area is 119 Å². The Morgan fingerprint density at radius 3 is 2.76 bits per heavy atom. The molecule has 1 aromatic rings. The molecule has 0 aliphatic carbocycles. The van der Waals surface area contributed by atoms with Crippen LogP contribution in [0.3, 0.4) is 0 Å². The van der Waals surface area contributed by atoms with Gasteiger partial charge in [0.25, 0.3) is 0 Å². The first-order valence-corrected chi connectivity index (χ1v) is 7.38. The van der Waals surface area contributed by atoms with E-state index in [1.165, 1.54) is 21.1 Å². The van der Waals surface area contributed by atoms with Crippen LogP contribution in [0.1, 0.15) is 32.8 Å². The third-order valence-corrected chi connectivity index (χ3v) is 3.37. The molecule has 17 heavy (non-hydrogen) atoms. The van der Waals surface area contributed by atoms with E-state index in [1.807, 2.05) is 0 Å². The second kappa shape index (κ2) is 7.88. The number of halogens is 1. The lowest BCUT2D eigenvalue weighted by Crippen LogP contribution is -2.19. The van der Waals surface area contributed by atoms with E-state index >= 15 is 0 Å². The number of hydrogen-bond acceptors (Lipinski definition) is 1. The van der Waals surface area contributed by atoms with E-state index in [2.05, 4.69) is 79.0 Å². The Morgan fingerprint density at radius 2 is 2.18 bits per heavy atom. The van der Waals surface area contributed by atoms with E-state index in [0.717, 1.165) is 13.1 Å². The molecule has 1 aromatic carbocycles. The lowest BCUT2D eigenvalue weighted by Gasteiger charge is -2.12. The van der Waals surface area contributed by atoms with Crippen molar-refractivity contribution in [1.29, 1.82) is 0 Å². The predicted octanol–water partition coefficient (Wildman–Crippen LogP) is 4.33. The second-order valence-electron chi connectivity index (χ2n) is 4.61. The smallest absolute Gasteiger partial charge is 0.0170 e. The molecule has 1 N–H and O–H groups in total. The summed E-state index contributed by atoms with van der Waals surface area (Å²) in [6.45, 7) is 8.80. The van der Waals surface area contributed by atoms with Crippen LogP contribution in [-0.4, -0.2) is 13.1 Å². The van der Waals surface area contributed by atoms with Crippen LogP contribution in [0.5, 0.6) is 0 Å². The average molecular weight is 343 g/mol. The van der Waals surface area contributed by atoms with Crippen molar-refractivity contribution < 1.29 is 0 Å². The van der Waals surface area contributed by atoms with Gasteiger partial charge in [-0.1, -0.05) is 44.6 Å². The van der Waals surface area contributed by atoms with E-state index in [4.69, 9.17) is 0 Å². The molecular formula is C15H22IN. The summed E-state index contributed by atoms with van der Waals surface area (Å²) in [6, 6.07) is 8.64. The van der Waals surface area contributed by atoms with Gasteiger partial charge in [0.05, 0.1) is 0 Å². The normalized spacial score (nSPS) is 12.2. The molecule has 0 aromatic heterocycles. The molecule has 0 aliphatic rings. The van der Waals surface area contributed by atoms with Crippen molar-refractivity contribution in [2.75, 3.05) is 13.1 Å². The number of benzene rings is 1. The summed E-state index contributed by atoms with van der Waals surface area (Å²) in [5, 5.41) is 3.48. The second-order valence-corrected chi connectivity index (χ2v) is 5.85. The van der Waals surface area contributed by atoms with Gasteiger partial charge in [-0.15, -0.1) is 0 Å². The van der Waals surface area contributed by atoms with E-state index < -0.39 is 0 Å². The molecule has 0 atom stereocenters. The van der Waals surface area contributed by atoms with Crippen LogP contribution in [0.4, 0.5) is 0 Å². The first-order chi connectivity index (χ1) is 8.13. The maximum absolute atomic E-state index is 3.48. The van der Waals surface area contributed by atoms with Crippen molar-refractivity contribution >= 4 is 28.7 Å². The summed E-state index contributed by atoms with van der Waals surface area (Å²) in [7, 11) is 0. The number of hydrogen-bond donors (Lipinski definition) is 1. The van der Waals surface area contributed by atoms with Crippen LogP contribution in [0, 0.1) is 9.49 Å². The van der Waals surface area contributed by atoms with Crippen molar-refractivity contribution in [2.45, 2.75) is 27.2 Å². The molecule has 1 rings (SSSR count). The SMILES string of the molecule is CCCNC/C(=C/c1cccc(I)c1)C(C)C. The Kier molecular flexibility index (Phi) is 6.82. The highest BCUT2D eigenvalue weighted by Crippen LogP contribution is 2.16. The largest absolute Gasteiger partial charge is 0.313 e. The van der Waals surface area contributed by atoms with Gasteiger partial charge in [-0.05, 0) is 59.2 Å². The van der Waals surface area contributed by atoms with Gasteiger partial charge in [0.1, 0.15) is 0 Å². The fourth-order valence-corrected chi connectivity index (χ4v) is 2.21. The maximum atomic E-state index is 3.48. The molecule has 0 aliphatic heterocycles. The molecule has 2 heteroatoms. The van der Waals surface area contributed by atoms with Gasteiger partial charge >= 0.3 is 0 Å². The van der Waals surface area contributed by atoms with Gasteiger partial charge in [-0.2, -0.15) is 0 Å². The zero-order valence-electron chi connectivity index (χ0n) is 11.0. The van der Waals surface area contributed by atoms with Gasteiger partial charge in [-0.25, -0.2) is 0 Å². The van der Waals surface area contributed by atoms with Crippen LogP contribution < -0.4 is 5.32 Å². The van der Waals surface area contributed by atoms with E-state index in [-0.39, 0.29) is 0 Å².